The Labute approximate surface area is 120 Å². The molecule has 0 saturated carbocycles. The van der Waals surface area contributed by atoms with E-state index in [1.165, 1.54) is 7.11 Å². The van der Waals surface area contributed by atoms with Crippen LogP contribution in [0, 0.1) is 5.92 Å². The molecule has 18 heavy (non-hydrogen) atoms. The lowest BCUT2D eigenvalue weighted by molar-refractivity contribution is -0.143. The van der Waals surface area contributed by atoms with Crippen LogP contribution in [0.3, 0.4) is 0 Å². The molecule has 0 amide bonds. The van der Waals surface area contributed by atoms with E-state index in [1.54, 1.807) is 11.8 Å². The minimum atomic E-state index is -0.157. The minimum Gasteiger partial charge on any atom is -0.493 e. The van der Waals surface area contributed by atoms with Crippen LogP contribution in [0.4, 0.5) is 0 Å². The first-order valence-corrected chi connectivity index (χ1v) is 7.62. The van der Waals surface area contributed by atoms with E-state index in [0.717, 1.165) is 21.7 Å². The van der Waals surface area contributed by atoms with Gasteiger partial charge in [-0.3, -0.25) is 4.79 Å². The predicted molar refractivity (Wildman–Crippen MR) is 78.1 cm³/mol. The van der Waals surface area contributed by atoms with Crippen molar-refractivity contribution >= 4 is 33.7 Å². The smallest absolute Gasteiger partial charge is 0.309 e. The lowest BCUT2D eigenvalue weighted by atomic mass is 10.2. The molecule has 1 atom stereocenters. The topological polar surface area (TPSA) is 35.5 Å². The molecule has 0 spiro atoms. The summed E-state index contributed by atoms with van der Waals surface area (Å²) in [5.74, 6) is 2.25. The fourth-order valence-electron chi connectivity index (χ4n) is 1.30. The number of hydrogen-bond acceptors (Lipinski definition) is 4. The Morgan fingerprint density at radius 3 is 2.94 bits per heavy atom. The van der Waals surface area contributed by atoms with Crippen molar-refractivity contribution in [2.24, 2.45) is 5.92 Å². The summed E-state index contributed by atoms with van der Waals surface area (Å²) in [6.07, 6.45) is 0. The molecule has 1 unspecified atom stereocenters. The third-order valence-corrected chi connectivity index (χ3v) is 3.95. The largest absolute Gasteiger partial charge is 0.493 e. The highest BCUT2D eigenvalue weighted by Gasteiger charge is 2.12. The summed E-state index contributed by atoms with van der Waals surface area (Å²) in [6, 6.07) is 7.75. The summed E-state index contributed by atoms with van der Waals surface area (Å²) in [5.41, 5.74) is 0. The molecule has 0 aliphatic rings. The molecular formula is C13H17BrO3S. The van der Waals surface area contributed by atoms with Gasteiger partial charge in [-0.15, -0.1) is 0 Å². The van der Waals surface area contributed by atoms with Crippen molar-refractivity contribution in [1.29, 1.82) is 0 Å². The number of halogens is 1. The number of hydrogen-bond donors (Lipinski definition) is 0. The SMILES string of the molecule is COC(=O)C(C)CSCCOc1cccc(Br)c1. The maximum atomic E-state index is 11.2. The number of carbonyl (C=O) groups is 1. The predicted octanol–water partition coefficient (Wildman–Crippen LogP) is 3.37. The van der Waals surface area contributed by atoms with Gasteiger partial charge in [0, 0.05) is 16.0 Å². The quantitative estimate of drug-likeness (QED) is 0.566. The maximum Gasteiger partial charge on any atom is 0.309 e. The van der Waals surface area contributed by atoms with Crippen molar-refractivity contribution in [3.63, 3.8) is 0 Å². The van der Waals surface area contributed by atoms with Gasteiger partial charge >= 0.3 is 5.97 Å². The molecule has 0 aromatic heterocycles. The van der Waals surface area contributed by atoms with Gasteiger partial charge in [0.2, 0.25) is 0 Å². The van der Waals surface area contributed by atoms with Gasteiger partial charge in [-0.1, -0.05) is 28.9 Å². The summed E-state index contributed by atoms with van der Waals surface area (Å²) in [4.78, 5) is 11.2. The molecule has 0 bridgehead atoms. The maximum absolute atomic E-state index is 11.2. The number of methoxy groups -OCH3 is 1. The summed E-state index contributed by atoms with van der Waals surface area (Å²) in [6.45, 7) is 2.50. The fourth-order valence-corrected chi connectivity index (χ4v) is 2.54. The van der Waals surface area contributed by atoms with E-state index in [9.17, 15) is 4.79 Å². The first kappa shape index (κ1) is 15.4. The van der Waals surface area contributed by atoms with Crippen LogP contribution in [0.5, 0.6) is 5.75 Å². The van der Waals surface area contributed by atoms with Crippen LogP contribution in [-0.2, 0) is 9.53 Å². The number of benzene rings is 1. The van der Waals surface area contributed by atoms with Crippen LogP contribution in [0.15, 0.2) is 28.7 Å². The zero-order valence-electron chi connectivity index (χ0n) is 10.5. The Kier molecular flexibility index (Phi) is 7.20. The molecule has 0 saturated heterocycles. The number of thioether (sulfide) groups is 1. The number of carbonyl (C=O) groups excluding carboxylic acids is 1. The van der Waals surface area contributed by atoms with E-state index in [0.29, 0.717) is 6.61 Å². The van der Waals surface area contributed by atoms with Crippen LogP contribution in [0.25, 0.3) is 0 Å². The van der Waals surface area contributed by atoms with E-state index in [1.807, 2.05) is 31.2 Å². The van der Waals surface area contributed by atoms with Gasteiger partial charge in [-0.2, -0.15) is 11.8 Å². The molecule has 0 N–H and O–H groups in total. The van der Waals surface area contributed by atoms with Crippen LogP contribution < -0.4 is 4.74 Å². The lowest BCUT2D eigenvalue weighted by Gasteiger charge is -2.09. The Hall–Kier alpha value is -0.680. The van der Waals surface area contributed by atoms with E-state index in [-0.39, 0.29) is 11.9 Å². The molecule has 0 aliphatic heterocycles. The zero-order valence-corrected chi connectivity index (χ0v) is 12.9. The monoisotopic (exact) mass is 332 g/mol. The number of esters is 1. The fraction of sp³-hybridized carbons (Fsp3) is 0.462. The normalized spacial score (nSPS) is 11.9. The van der Waals surface area contributed by atoms with E-state index < -0.39 is 0 Å². The van der Waals surface area contributed by atoms with Gasteiger partial charge in [-0.25, -0.2) is 0 Å². The molecule has 0 aliphatic carbocycles. The molecule has 0 fully saturated rings. The molecule has 1 aromatic carbocycles. The average molecular weight is 333 g/mol. The second kappa shape index (κ2) is 8.43. The molecular weight excluding hydrogens is 316 g/mol. The van der Waals surface area contributed by atoms with Crippen molar-refractivity contribution in [2.75, 3.05) is 25.2 Å². The van der Waals surface area contributed by atoms with Gasteiger partial charge < -0.3 is 9.47 Å². The molecule has 100 valence electrons. The third kappa shape index (κ3) is 5.78. The Morgan fingerprint density at radius 2 is 2.28 bits per heavy atom. The molecule has 1 aromatic rings. The number of ether oxygens (including phenoxy) is 2. The van der Waals surface area contributed by atoms with E-state index in [4.69, 9.17) is 4.74 Å². The second-order valence-corrected chi connectivity index (χ2v) is 5.87. The first-order valence-electron chi connectivity index (χ1n) is 5.67. The molecule has 1 rings (SSSR count). The van der Waals surface area contributed by atoms with Gasteiger partial charge in [0.15, 0.2) is 0 Å². The summed E-state index contributed by atoms with van der Waals surface area (Å²) >= 11 is 5.08. The van der Waals surface area contributed by atoms with Crippen molar-refractivity contribution in [2.45, 2.75) is 6.92 Å². The average Bonchev–Trinajstić information content (AvgIpc) is 2.37. The molecule has 3 nitrogen and oxygen atoms in total. The van der Waals surface area contributed by atoms with Crippen LogP contribution >= 0.6 is 27.7 Å². The van der Waals surface area contributed by atoms with Crippen molar-refractivity contribution in [1.82, 2.24) is 0 Å². The highest BCUT2D eigenvalue weighted by Crippen LogP contribution is 2.18. The van der Waals surface area contributed by atoms with Crippen LogP contribution in [-0.4, -0.2) is 31.2 Å². The van der Waals surface area contributed by atoms with E-state index >= 15 is 0 Å². The number of rotatable bonds is 7. The minimum absolute atomic E-state index is 0.0640. The van der Waals surface area contributed by atoms with Crippen LogP contribution in [0.2, 0.25) is 0 Å². The molecule has 0 radical (unpaired) electrons. The van der Waals surface area contributed by atoms with Crippen LogP contribution in [0.1, 0.15) is 6.92 Å². The lowest BCUT2D eigenvalue weighted by Crippen LogP contribution is -2.15. The first-order chi connectivity index (χ1) is 8.63. The highest BCUT2D eigenvalue weighted by molar-refractivity contribution is 9.10. The van der Waals surface area contributed by atoms with Gasteiger partial charge in [-0.05, 0) is 18.2 Å². The zero-order chi connectivity index (χ0) is 13.4. The molecule has 0 heterocycles. The Bertz CT molecular complexity index is 384. The van der Waals surface area contributed by atoms with Crippen molar-refractivity contribution in [3.8, 4) is 5.75 Å². The summed E-state index contributed by atoms with van der Waals surface area (Å²) in [5, 5.41) is 0. The van der Waals surface area contributed by atoms with Gasteiger partial charge in [0.1, 0.15) is 5.75 Å². The summed E-state index contributed by atoms with van der Waals surface area (Å²) in [7, 11) is 1.42. The Balaban J connectivity index is 2.14. The Morgan fingerprint density at radius 1 is 1.50 bits per heavy atom. The van der Waals surface area contributed by atoms with Crippen molar-refractivity contribution in [3.05, 3.63) is 28.7 Å². The highest BCUT2D eigenvalue weighted by atomic mass is 79.9. The van der Waals surface area contributed by atoms with Crippen molar-refractivity contribution < 1.29 is 14.3 Å². The second-order valence-electron chi connectivity index (χ2n) is 3.80. The van der Waals surface area contributed by atoms with E-state index in [2.05, 4.69) is 20.7 Å². The standard InChI is InChI=1S/C13H17BrO3S/c1-10(13(15)16-2)9-18-7-6-17-12-5-3-4-11(14)8-12/h3-5,8,10H,6-7,9H2,1-2H3. The van der Waals surface area contributed by atoms with Gasteiger partial charge in [0.25, 0.3) is 0 Å². The summed E-state index contributed by atoms with van der Waals surface area (Å²) < 4.78 is 11.3. The third-order valence-electron chi connectivity index (χ3n) is 2.26. The molecule has 5 heteroatoms. The van der Waals surface area contributed by atoms with Gasteiger partial charge in [0.05, 0.1) is 19.6 Å².